The van der Waals surface area contributed by atoms with Gasteiger partial charge in [0.1, 0.15) is 11.5 Å². The zero-order valence-electron chi connectivity index (χ0n) is 16.9. The molecule has 0 bridgehead atoms. The highest BCUT2D eigenvalue weighted by Crippen LogP contribution is 2.28. The Bertz CT molecular complexity index is 1270. The number of rotatable bonds is 6. The van der Waals surface area contributed by atoms with Crippen LogP contribution in [0.15, 0.2) is 53.3 Å². The summed E-state index contributed by atoms with van der Waals surface area (Å²) in [5.41, 5.74) is 2.45. The molecule has 0 spiro atoms. The highest BCUT2D eigenvalue weighted by atomic mass is 16.5. The molecule has 2 aromatic carbocycles. The molecule has 30 heavy (non-hydrogen) atoms. The minimum Gasteiger partial charge on any atom is -0.496 e. The first-order valence-corrected chi connectivity index (χ1v) is 9.50. The number of hydrogen-bond acceptors (Lipinski definition) is 7. The Morgan fingerprint density at radius 3 is 2.70 bits per heavy atom. The molecule has 152 valence electrons. The van der Waals surface area contributed by atoms with Gasteiger partial charge in [0.2, 0.25) is 11.9 Å². The van der Waals surface area contributed by atoms with E-state index in [1.165, 1.54) is 6.07 Å². The molecule has 0 aliphatic carbocycles. The Labute approximate surface area is 173 Å². The second kappa shape index (κ2) is 8.20. The summed E-state index contributed by atoms with van der Waals surface area (Å²) in [5, 5.41) is 3.90. The number of aromatic amines is 1. The van der Waals surface area contributed by atoms with Crippen LogP contribution in [0.4, 0.5) is 11.9 Å². The first-order chi connectivity index (χ1) is 14.6. The fourth-order valence-electron chi connectivity index (χ4n) is 3.19. The van der Waals surface area contributed by atoms with Gasteiger partial charge in [0.25, 0.3) is 5.56 Å². The van der Waals surface area contributed by atoms with Crippen molar-refractivity contribution in [1.29, 1.82) is 0 Å². The Hall–Kier alpha value is -3.94. The summed E-state index contributed by atoms with van der Waals surface area (Å²) in [7, 11) is 1.58. The second-order valence-electron chi connectivity index (χ2n) is 6.55. The van der Waals surface area contributed by atoms with Gasteiger partial charge in [0.15, 0.2) is 0 Å². The maximum Gasteiger partial charge on any atom is 0.252 e. The Balaban J connectivity index is 1.71. The third kappa shape index (κ3) is 3.93. The summed E-state index contributed by atoms with van der Waals surface area (Å²) in [6.45, 7) is 4.42. The molecular weight excluding hydrogens is 382 g/mol. The maximum atomic E-state index is 12.2. The SMILES string of the molecule is CCOc1ccc2nc(Nc3nc(-c4ccccc4OC)cc(=O)[nH]3)nc(C)c2c1. The number of nitrogens with one attached hydrogen (secondary N) is 2. The van der Waals surface area contributed by atoms with Crippen molar-refractivity contribution in [1.82, 2.24) is 19.9 Å². The maximum absolute atomic E-state index is 12.2. The van der Waals surface area contributed by atoms with Gasteiger partial charge in [-0.25, -0.2) is 15.0 Å². The van der Waals surface area contributed by atoms with Crippen LogP contribution in [0.3, 0.4) is 0 Å². The first kappa shape index (κ1) is 19.4. The van der Waals surface area contributed by atoms with Gasteiger partial charge >= 0.3 is 0 Å². The molecule has 8 heteroatoms. The molecule has 0 saturated carbocycles. The van der Waals surface area contributed by atoms with Crippen molar-refractivity contribution in [3.63, 3.8) is 0 Å². The predicted octanol–water partition coefficient (Wildman–Crippen LogP) is 3.84. The van der Waals surface area contributed by atoms with Gasteiger partial charge in [0.05, 0.1) is 30.6 Å². The highest BCUT2D eigenvalue weighted by Gasteiger charge is 2.11. The Morgan fingerprint density at radius 1 is 1.07 bits per heavy atom. The van der Waals surface area contributed by atoms with Crippen molar-refractivity contribution >= 4 is 22.8 Å². The number of hydrogen-bond donors (Lipinski definition) is 2. The lowest BCUT2D eigenvalue weighted by Gasteiger charge is -2.11. The van der Waals surface area contributed by atoms with E-state index in [4.69, 9.17) is 9.47 Å². The van der Waals surface area contributed by atoms with E-state index in [1.54, 1.807) is 7.11 Å². The van der Waals surface area contributed by atoms with E-state index in [1.807, 2.05) is 56.3 Å². The summed E-state index contributed by atoms with van der Waals surface area (Å²) < 4.78 is 10.9. The standard InChI is InChI=1S/C22H21N5O3/c1-4-30-14-9-10-17-16(11-14)13(2)23-21(24-17)27-22-25-18(12-20(28)26-22)15-7-5-6-8-19(15)29-3/h5-12H,4H2,1-3H3,(H2,23,24,25,26,27,28). The predicted molar refractivity (Wildman–Crippen MR) is 116 cm³/mol. The van der Waals surface area contributed by atoms with Crippen LogP contribution in [-0.4, -0.2) is 33.7 Å². The molecular formula is C22H21N5O3. The third-order valence-corrected chi connectivity index (χ3v) is 4.52. The van der Waals surface area contributed by atoms with Crippen LogP contribution >= 0.6 is 0 Å². The smallest absolute Gasteiger partial charge is 0.252 e. The van der Waals surface area contributed by atoms with Crippen LogP contribution in [0.2, 0.25) is 0 Å². The van der Waals surface area contributed by atoms with Crippen molar-refractivity contribution in [3.05, 3.63) is 64.6 Å². The fourth-order valence-corrected chi connectivity index (χ4v) is 3.19. The number of aromatic nitrogens is 4. The van der Waals surface area contributed by atoms with E-state index in [0.717, 1.165) is 22.3 Å². The number of nitrogens with zero attached hydrogens (tertiary/aromatic N) is 3. The zero-order chi connectivity index (χ0) is 21.1. The molecule has 4 aromatic rings. The van der Waals surface area contributed by atoms with Crippen molar-refractivity contribution in [2.75, 3.05) is 19.0 Å². The van der Waals surface area contributed by atoms with Crippen LogP contribution in [0.25, 0.3) is 22.2 Å². The molecule has 4 rings (SSSR count). The highest BCUT2D eigenvalue weighted by molar-refractivity contribution is 5.83. The van der Waals surface area contributed by atoms with Gasteiger partial charge in [-0.15, -0.1) is 0 Å². The molecule has 8 nitrogen and oxygen atoms in total. The molecule has 0 atom stereocenters. The minimum atomic E-state index is -0.299. The summed E-state index contributed by atoms with van der Waals surface area (Å²) in [4.78, 5) is 28.4. The zero-order valence-corrected chi connectivity index (χ0v) is 16.9. The average Bonchev–Trinajstić information content (AvgIpc) is 2.74. The van der Waals surface area contributed by atoms with Crippen LogP contribution < -0.4 is 20.3 Å². The molecule has 0 unspecified atom stereocenters. The number of ether oxygens (including phenoxy) is 2. The van der Waals surface area contributed by atoms with Gasteiger partial charge in [-0.05, 0) is 44.2 Å². The molecule has 0 amide bonds. The van der Waals surface area contributed by atoms with Gasteiger partial charge < -0.3 is 9.47 Å². The monoisotopic (exact) mass is 403 g/mol. The number of H-pyrrole nitrogens is 1. The van der Waals surface area contributed by atoms with Crippen LogP contribution in [0.1, 0.15) is 12.6 Å². The summed E-state index contributed by atoms with van der Waals surface area (Å²) in [5.74, 6) is 1.98. The third-order valence-electron chi connectivity index (χ3n) is 4.52. The fraction of sp³-hybridized carbons (Fsp3) is 0.182. The van der Waals surface area contributed by atoms with E-state index in [-0.39, 0.29) is 11.5 Å². The van der Waals surface area contributed by atoms with Crippen LogP contribution in [0.5, 0.6) is 11.5 Å². The molecule has 2 aromatic heterocycles. The Morgan fingerprint density at radius 2 is 1.90 bits per heavy atom. The van der Waals surface area contributed by atoms with Gasteiger partial charge in [0, 0.05) is 17.0 Å². The molecule has 0 fully saturated rings. The first-order valence-electron chi connectivity index (χ1n) is 9.50. The number of fused-ring (bicyclic) bond motifs is 1. The second-order valence-corrected chi connectivity index (χ2v) is 6.55. The molecule has 0 radical (unpaired) electrons. The topological polar surface area (TPSA) is 102 Å². The average molecular weight is 403 g/mol. The van der Waals surface area contributed by atoms with Crippen molar-refractivity contribution < 1.29 is 9.47 Å². The van der Waals surface area contributed by atoms with Gasteiger partial charge in [-0.3, -0.25) is 15.1 Å². The largest absolute Gasteiger partial charge is 0.496 e. The van der Waals surface area contributed by atoms with Gasteiger partial charge in [-0.1, -0.05) is 12.1 Å². The van der Waals surface area contributed by atoms with E-state index >= 15 is 0 Å². The molecule has 2 N–H and O–H groups in total. The molecule has 2 heterocycles. The lowest BCUT2D eigenvalue weighted by Crippen LogP contribution is -2.12. The molecule has 0 aliphatic heterocycles. The van der Waals surface area contributed by atoms with Gasteiger partial charge in [-0.2, -0.15) is 0 Å². The lowest BCUT2D eigenvalue weighted by molar-refractivity contribution is 0.340. The quantitative estimate of drug-likeness (QED) is 0.504. The van der Waals surface area contributed by atoms with E-state index < -0.39 is 0 Å². The van der Waals surface area contributed by atoms with Crippen molar-refractivity contribution in [2.24, 2.45) is 0 Å². The summed E-state index contributed by atoms with van der Waals surface area (Å²) >= 11 is 0. The summed E-state index contributed by atoms with van der Waals surface area (Å²) in [6, 6.07) is 14.5. The van der Waals surface area contributed by atoms with Crippen molar-refractivity contribution in [2.45, 2.75) is 13.8 Å². The number of anilines is 2. The number of methoxy groups -OCH3 is 1. The normalized spacial score (nSPS) is 10.8. The number of aryl methyl sites for hydroxylation is 1. The number of para-hydroxylation sites is 1. The lowest BCUT2D eigenvalue weighted by atomic mass is 10.1. The molecule has 0 aliphatic rings. The van der Waals surface area contributed by atoms with E-state index in [0.29, 0.717) is 29.6 Å². The van der Waals surface area contributed by atoms with E-state index in [9.17, 15) is 4.79 Å². The van der Waals surface area contributed by atoms with Crippen LogP contribution in [-0.2, 0) is 0 Å². The van der Waals surface area contributed by atoms with Crippen molar-refractivity contribution in [3.8, 4) is 22.8 Å². The van der Waals surface area contributed by atoms with E-state index in [2.05, 4.69) is 25.3 Å². The Kier molecular flexibility index (Phi) is 5.30. The van der Waals surface area contributed by atoms with Crippen LogP contribution in [0, 0.1) is 6.92 Å². The minimum absolute atomic E-state index is 0.244. The number of benzene rings is 2. The molecule has 0 saturated heterocycles. The summed E-state index contributed by atoms with van der Waals surface area (Å²) in [6.07, 6.45) is 0.